The summed E-state index contributed by atoms with van der Waals surface area (Å²) in [7, 11) is -3.30. The highest BCUT2D eigenvalue weighted by Crippen LogP contribution is 2.41. The van der Waals surface area contributed by atoms with Crippen molar-refractivity contribution in [1.82, 2.24) is 14.5 Å². The number of esters is 1. The molecule has 1 N–H and O–H groups in total. The van der Waals surface area contributed by atoms with E-state index in [0.29, 0.717) is 30.5 Å². The molecule has 3 aliphatic rings. The Labute approximate surface area is 173 Å². The summed E-state index contributed by atoms with van der Waals surface area (Å²) in [6, 6.07) is 0. The molecule has 1 amide bonds. The topological polar surface area (TPSA) is 96.0 Å². The van der Waals surface area contributed by atoms with E-state index in [2.05, 4.69) is 17.1 Å². The van der Waals surface area contributed by atoms with Crippen molar-refractivity contribution in [2.45, 2.75) is 51.6 Å². The first kappa shape index (κ1) is 22.2. The lowest BCUT2D eigenvalue weighted by Crippen LogP contribution is -2.50. The van der Waals surface area contributed by atoms with Crippen LogP contribution in [0.3, 0.4) is 0 Å². The quantitative estimate of drug-likeness (QED) is 0.500. The molecule has 0 aliphatic carbocycles. The molecule has 9 heteroatoms. The number of hydrogen-bond donors (Lipinski definition) is 1. The summed E-state index contributed by atoms with van der Waals surface area (Å²) >= 11 is 0. The molecular formula is C20H33N3O5S. The Bertz CT molecular complexity index is 784. The zero-order valence-electron chi connectivity index (χ0n) is 17.7. The normalized spacial score (nSPS) is 26.0. The van der Waals surface area contributed by atoms with E-state index in [9.17, 15) is 18.0 Å². The van der Waals surface area contributed by atoms with Gasteiger partial charge in [-0.2, -0.15) is 0 Å². The molecule has 29 heavy (non-hydrogen) atoms. The molecule has 3 aliphatic heterocycles. The van der Waals surface area contributed by atoms with E-state index in [1.165, 1.54) is 23.4 Å². The zero-order chi connectivity index (χ0) is 21.2. The lowest BCUT2D eigenvalue weighted by molar-refractivity contribution is -0.150. The van der Waals surface area contributed by atoms with Gasteiger partial charge in [-0.25, -0.2) is 17.5 Å². The molecule has 0 aromatic carbocycles. The van der Waals surface area contributed by atoms with Crippen molar-refractivity contribution in [3.8, 4) is 0 Å². The van der Waals surface area contributed by atoms with Crippen LogP contribution < -0.4 is 5.32 Å². The molecule has 1 spiro atoms. The summed E-state index contributed by atoms with van der Waals surface area (Å²) in [5.74, 6) is -0.0242. The summed E-state index contributed by atoms with van der Waals surface area (Å²) in [6.45, 7) is 8.09. The number of carbonyl (C=O) groups is 2. The lowest BCUT2D eigenvalue weighted by atomic mass is 9.83. The lowest BCUT2D eigenvalue weighted by Gasteiger charge is -2.38. The van der Waals surface area contributed by atoms with Gasteiger partial charge in [0, 0.05) is 44.6 Å². The Kier molecular flexibility index (Phi) is 6.70. The number of likely N-dealkylation sites (tertiary alicyclic amines) is 1. The van der Waals surface area contributed by atoms with E-state index in [1.807, 2.05) is 0 Å². The first-order valence-corrected chi connectivity index (χ1v) is 12.4. The minimum Gasteiger partial charge on any atom is -0.450 e. The highest BCUT2D eigenvalue weighted by atomic mass is 32.2. The molecule has 1 atom stereocenters. The van der Waals surface area contributed by atoms with Gasteiger partial charge in [0.1, 0.15) is 5.60 Å². The van der Waals surface area contributed by atoms with Crippen molar-refractivity contribution in [1.29, 1.82) is 0 Å². The second kappa shape index (κ2) is 8.73. The van der Waals surface area contributed by atoms with Gasteiger partial charge in [0.05, 0.1) is 11.8 Å². The largest absolute Gasteiger partial charge is 0.450 e. The van der Waals surface area contributed by atoms with Crippen LogP contribution in [0.1, 0.15) is 46.0 Å². The average Bonchev–Trinajstić information content (AvgIpc) is 2.88. The molecule has 0 saturated carbocycles. The van der Waals surface area contributed by atoms with Crippen LogP contribution in [0.4, 0.5) is 0 Å². The molecule has 2 fully saturated rings. The van der Waals surface area contributed by atoms with Gasteiger partial charge in [-0.3, -0.25) is 4.79 Å². The maximum atomic E-state index is 12.9. The minimum atomic E-state index is -3.30. The van der Waals surface area contributed by atoms with Gasteiger partial charge in [-0.05, 0) is 45.2 Å². The fourth-order valence-corrected chi connectivity index (χ4v) is 5.59. The fourth-order valence-electron chi connectivity index (χ4n) is 4.74. The summed E-state index contributed by atoms with van der Waals surface area (Å²) < 4.78 is 30.5. The number of rotatable bonds is 6. The van der Waals surface area contributed by atoms with Crippen molar-refractivity contribution in [3.05, 3.63) is 11.1 Å². The van der Waals surface area contributed by atoms with E-state index in [1.54, 1.807) is 6.92 Å². The Morgan fingerprint density at radius 3 is 2.59 bits per heavy atom. The third-order valence-corrected chi connectivity index (χ3v) is 7.63. The van der Waals surface area contributed by atoms with E-state index in [0.717, 1.165) is 32.0 Å². The predicted octanol–water partition coefficient (Wildman–Crippen LogP) is 0.892. The highest BCUT2D eigenvalue weighted by Gasteiger charge is 2.51. The van der Waals surface area contributed by atoms with Crippen LogP contribution in [0.2, 0.25) is 0 Å². The maximum absolute atomic E-state index is 12.9. The number of sulfonamides is 1. The third-order valence-electron chi connectivity index (χ3n) is 6.33. The van der Waals surface area contributed by atoms with Crippen LogP contribution in [0.5, 0.6) is 0 Å². The van der Waals surface area contributed by atoms with Crippen LogP contribution >= 0.6 is 0 Å². The molecule has 8 nitrogen and oxygen atoms in total. The van der Waals surface area contributed by atoms with Crippen LogP contribution in [-0.4, -0.2) is 80.6 Å². The summed E-state index contributed by atoms with van der Waals surface area (Å²) in [6.07, 6.45) is 5.15. The second-order valence-electron chi connectivity index (χ2n) is 8.70. The molecule has 3 heterocycles. The first-order valence-electron chi connectivity index (χ1n) is 10.5. The van der Waals surface area contributed by atoms with Crippen molar-refractivity contribution in [3.63, 3.8) is 0 Å². The Morgan fingerprint density at radius 1 is 1.28 bits per heavy atom. The van der Waals surface area contributed by atoms with Crippen LogP contribution in [0.15, 0.2) is 11.1 Å². The molecule has 2 saturated heterocycles. The second-order valence-corrected chi connectivity index (χ2v) is 10.7. The molecule has 3 rings (SSSR count). The van der Waals surface area contributed by atoms with Gasteiger partial charge in [0.15, 0.2) is 0 Å². The number of carbonyl (C=O) groups excluding carboxylic acids is 2. The Morgan fingerprint density at radius 2 is 1.97 bits per heavy atom. The van der Waals surface area contributed by atoms with Gasteiger partial charge >= 0.3 is 5.97 Å². The SMILES string of the molecule is CC1=C(C(=O)NCCCN2CCC[C@@H](C)C2)C2(CCN(S(C)(=O)=O)CC2)OC1=O. The van der Waals surface area contributed by atoms with Gasteiger partial charge in [0.25, 0.3) is 5.91 Å². The van der Waals surface area contributed by atoms with E-state index in [-0.39, 0.29) is 19.0 Å². The number of ether oxygens (including phenoxy) is 1. The minimum absolute atomic E-state index is 0.239. The molecule has 0 radical (unpaired) electrons. The van der Waals surface area contributed by atoms with Gasteiger partial charge < -0.3 is 15.0 Å². The Balaban J connectivity index is 1.57. The standard InChI is InChI=1S/C20H33N3O5S/c1-15-6-4-10-22(14-15)11-5-9-21-18(24)17-16(2)19(25)28-20(17)7-12-23(13-8-20)29(3,26)27/h15H,4-14H2,1-3H3,(H,21,24)/t15-/m1/s1. The highest BCUT2D eigenvalue weighted by molar-refractivity contribution is 7.88. The van der Waals surface area contributed by atoms with Crippen LogP contribution in [0, 0.1) is 5.92 Å². The number of amides is 1. The summed E-state index contributed by atoms with van der Waals surface area (Å²) in [4.78, 5) is 27.6. The van der Waals surface area contributed by atoms with Crippen molar-refractivity contribution >= 4 is 21.9 Å². The summed E-state index contributed by atoms with van der Waals surface area (Å²) in [5, 5.41) is 2.95. The summed E-state index contributed by atoms with van der Waals surface area (Å²) in [5.41, 5.74) is -0.295. The molecule has 0 bridgehead atoms. The van der Waals surface area contributed by atoms with E-state index >= 15 is 0 Å². The third kappa shape index (κ3) is 5.00. The number of nitrogens with zero attached hydrogens (tertiary/aromatic N) is 2. The fraction of sp³-hybridized carbons (Fsp3) is 0.800. The van der Waals surface area contributed by atoms with Gasteiger partial charge in [-0.1, -0.05) is 6.92 Å². The first-order chi connectivity index (χ1) is 13.6. The molecule has 0 aromatic rings. The molecule has 0 aromatic heterocycles. The number of nitrogens with one attached hydrogen (secondary N) is 1. The van der Waals surface area contributed by atoms with Crippen molar-refractivity contribution in [2.24, 2.45) is 5.92 Å². The van der Waals surface area contributed by atoms with Crippen molar-refractivity contribution < 1.29 is 22.7 Å². The Hall–Kier alpha value is -1.45. The molecular weight excluding hydrogens is 394 g/mol. The van der Waals surface area contributed by atoms with Crippen molar-refractivity contribution in [2.75, 3.05) is 45.5 Å². The van der Waals surface area contributed by atoms with Gasteiger partial charge in [-0.15, -0.1) is 0 Å². The smallest absolute Gasteiger partial charge is 0.335 e. The zero-order valence-corrected chi connectivity index (χ0v) is 18.5. The van der Waals surface area contributed by atoms with Crippen LogP contribution in [0.25, 0.3) is 0 Å². The average molecular weight is 428 g/mol. The number of hydrogen-bond acceptors (Lipinski definition) is 6. The molecule has 0 unspecified atom stereocenters. The monoisotopic (exact) mass is 427 g/mol. The van der Waals surface area contributed by atoms with Gasteiger partial charge in [0.2, 0.25) is 10.0 Å². The van der Waals surface area contributed by atoms with E-state index < -0.39 is 21.6 Å². The van der Waals surface area contributed by atoms with Crippen LogP contribution in [-0.2, 0) is 24.3 Å². The number of piperidine rings is 2. The predicted molar refractivity (Wildman–Crippen MR) is 110 cm³/mol. The maximum Gasteiger partial charge on any atom is 0.335 e. The molecule has 164 valence electrons. The van der Waals surface area contributed by atoms with E-state index in [4.69, 9.17) is 4.74 Å².